The second-order valence-electron chi connectivity index (χ2n) is 4.58. The second-order valence-corrected chi connectivity index (χ2v) is 6.56. The van der Waals surface area contributed by atoms with E-state index in [1.807, 2.05) is 25.1 Å². The maximum absolute atomic E-state index is 10.4. The van der Waals surface area contributed by atoms with Gasteiger partial charge in [0, 0.05) is 4.47 Å². The molecule has 0 spiro atoms. The zero-order chi connectivity index (χ0) is 15.7. The lowest BCUT2D eigenvalue weighted by molar-refractivity contribution is 0.192. The Hall–Kier alpha value is -2.00. The number of nitrogens with zero attached hydrogens (tertiary/aromatic N) is 3. The van der Waals surface area contributed by atoms with Gasteiger partial charge in [-0.15, -0.1) is 21.5 Å². The molecule has 0 radical (unpaired) electrons. The second kappa shape index (κ2) is 6.01. The summed E-state index contributed by atoms with van der Waals surface area (Å²) in [5.41, 5.74) is 0.919. The highest BCUT2D eigenvalue weighted by Crippen LogP contribution is 2.32. The van der Waals surface area contributed by atoms with Crippen molar-refractivity contribution in [3.63, 3.8) is 0 Å². The van der Waals surface area contributed by atoms with Gasteiger partial charge < -0.3 is 14.8 Å². The summed E-state index contributed by atoms with van der Waals surface area (Å²) in [5.74, 6) is 0.496. The van der Waals surface area contributed by atoms with Gasteiger partial charge in [0.15, 0.2) is 0 Å². The highest BCUT2D eigenvalue weighted by atomic mass is 79.9. The van der Waals surface area contributed by atoms with Crippen molar-refractivity contribution in [1.29, 1.82) is 0 Å². The van der Waals surface area contributed by atoms with E-state index in [1.165, 1.54) is 0 Å². The molecular weight excluding hydrogens is 372 g/mol. The third-order valence-corrected chi connectivity index (χ3v) is 4.68. The monoisotopic (exact) mass is 382 g/mol. The summed E-state index contributed by atoms with van der Waals surface area (Å²) in [4.78, 5) is 15.0. The first-order valence-corrected chi connectivity index (χ1v) is 7.99. The van der Waals surface area contributed by atoms with Crippen LogP contribution in [0.5, 0.6) is 0 Å². The number of carboxylic acid groups (broad SMARTS) is 1. The van der Waals surface area contributed by atoms with Gasteiger partial charge in [0.05, 0.1) is 22.7 Å². The van der Waals surface area contributed by atoms with E-state index < -0.39 is 6.09 Å². The number of aromatic nitrogens is 3. The molecule has 114 valence electrons. The first-order valence-electron chi connectivity index (χ1n) is 6.38. The number of fused-ring (bicyclic) bond motifs is 1. The van der Waals surface area contributed by atoms with E-state index >= 15 is 0 Å². The summed E-state index contributed by atoms with van der Waals surface area (Å²) in [5, 5.41) is 19.4. The van der Waals surface area contributed by atoms with Gasteiger partial charge in [0.2, 0.25) is 11.8 Å². The predicted octanol–water partition coefficient (Wildman–Crippen LogP) is 3.36. The molecule has 2 N–H and O–H groups in total. The van der Waals surface area contributed by atoms with Crippen LogP contribution in [0.3, 0.4) is 0 Å². The number of thiazole rings is 1. The van der Waals surface area contributed by atoms with Crippen LogP contribution >= 0.6 is 27.3 Å². The van der Waals surface area contributed by atoms with Crippen molar-refractivity contribution < 1.29 is 14.3 Å². The summed E-state index contributed by atoms with van der Waals surface area (Å²) < 4.78 is 7.55. The summed E-state index contributed by atoms with van der Waals surface area (Å²) in [6.45, 7) is 1.91. The fraction of sp³-hybridized carbons (Fsp3) is 0.231. The first-order chi connectivity index (χ1) is 10.5. The fourth-order valence-electron chi connectivity index (χ4n) is 1.87. The zero-order valence-electron chi connectivity index (χ0n) is 11.4. The molecule has 0 fully saturated rings. The van der Waals surface area contributed by atoms with Gasteiger partial charge in [0.1, 0.15) is 5.01 Å². The van der Waals surface area contributed by atoms with Gasteiger partial charge >= 0.3 is 6.09 Å². The topological polar surface area (TPSA) is 101 Å². The molecule has 0 aliphatic carbocycles. The Morgan fingerprint density at radius 3 is 3.09 bits per heavy atom. The molecule has 2 aromatic heterocycles. The van der Waals surface area contributed by atoms with Gasteiger partial charge in [-0.2, -0.15) is 0 Å². The molecule has 3 aromatic rings. The number of nitrogens with one attached hydrogen (secondary N) is 1. The molecule has 0 saturated carbocycles. The van der Waals surface area contributed by atoms with Crippen molar-refractivity contribution in [3.8, 4) is 0 Å². The molecule has 1 unspecified atom stereocenters. The molecule has 1 atom stereocenters. The zero-order valence-corrected chi connectivity index (χ0v) is 13.8. The molecule has 1 amide bonds. The van der Waals surface area contributed by atoms with Crippen molar-refractivity contribution in [2.45, 2.75) is 19.4 Å². The number of amides is 1. The Kier molecular flexibility index (Phi) is 4.08. The van der Waals surface area contributed by atoms with Gasteiger partial charge in [-0.25, -0.2) is 9.78 Å². The maximum atomic E-state index is 10.4. The molecule has 0 bridgehead atoms. The van der Waals surface area contributed by atoms with Crippen LogP contribution in [0, 0.1) is 0 Å². The Balaban J connectivity index is 1.82. The minimum Gasteiger partial charge on any atom is -0.465 e. The van der Waals surface area contributed by atoms with Crippen LogP contribution in [0.4, 0.5) is 4.79 Å². The number of benzene rings is 1. The molecule has 0 saturated heterocycles. The number of hydrogen-bond donors (Lipinski definition) is 2. The van der Waals surface area contributed by atoms with E-state index in [0.717, 1.165) is 19.7 Å². The largest absolute Gasteiger partial charge is 0.465 e. The summed E-state index contributed by atoms with van der Waals surface area (Å²) in [6.07, 6.45) is -1.13. The van der Waals surface area contributed by atoms with E-state index in [0.29, 0.717) is 5.89 Å². The highest BCUT2D eigenvalue weighted by molar-refractivity contribution is 9.10. The molecule has 22 heavy (non-hydrogen) atoms. The predicted molar refractivity (Wildman–Crippen MR) is 84.0 cm³/mol. The Labute approximate surface area is 137 Å². The van der Waals surface area contributed by atoms with Crippen LogP contribution in [0.15, 0.2) is 27.1 Å². The van der Waals surface area contributed by atoms with E-state index in [1.54, 1.807) is 11.3 Å². The highest BCUT2D eigenvalue weighted by Gasteiger charge is 2.20. The van der Waals surface area contributed by atoms with Gasteiger partial charge in [0.25, 0.3) is 0 Å². The van der Waals surface area contributed by atoms with Crippen LogP contribution in [0.25, 0.3) is 10.2 Å². The number of carbonyl (C=O) groups is 1. The Morgan fingerprint density at radius 1 is 1.50 bits per heavy atom. The number of hydrogen-bond acceptors (Lipinski definition) is 6. The van der Waals surface area contributed by atoms with Crippen LogP contribution in [0.2, 0.25) is 0 Å². The van der Waals surface area contributed by atoms with Crippen LogP contribution in [-0.4, -0.2) is 26.4 Å². The maximum Gasteiger partial charge on any atom is 0.405 e. The van der Waals surface area contributed by atoms with Crippen molar-refractivity contribution in [3.05, 3.63) is 39.5 Å². The summed E-state index contributed by atoms with van der Waals surface area (Å²) in [6, 6.07) is 5.90. The van der Waals surface area contributed by atoms with Crippen LogP contribution < -0.4 is 5.32 Å². The quantitative estimate of drug-likeness (QED) is 0.717. The van der Waals surface area contributed by atoms with E-state index in [4.69, 9.17) is 9.52 Å². The van der Waals surface area contributed by atoms with E-state index in [2.05, 4.69) is 36.4 Å². The lowest BCUT2D eigenvalue weighted by atomic mass is 10.2. The lowest BCUT2D eigenvalue weighted by Gasteiger charge is -2.01. The number of rotatable bonds is 4. The van der Waals surface area contributed by atoms with Crippen molar-refractivity contribution in [2.24, 2.45) is 0 Å². The van der Waals surface area contributed by atoms with Gasteiger partial charge in [-0.3, -0.25) is 0 Å². The summed E-state index contributed by atoms with van der Waals surface area (Å²) >= 11 is 5.00. The molecule has 7 nitrogen and oxygen atoms in total. The average molecular weight is 383 g/mol. The Bertz CT molecular complexity index is 832. The minimum atomic E-state index is -1.13. The smallest absolute Gasteiger partial charge is 0.405 e. The molecule has 0 aliphatic rings. The molecule has 0 aliphatic heterocycles. The van der Waals surface area contributed by atoms with Crippen molar-refractivity contribution in [1.82, 2.24) is 20.5 Å². The third kappa shape index (κ3) is 3.09. The normalized spacial score (nSPS) is 12.5. The van der Waals surface area contributed by atoms with Crippen molar-refractivity contribution in [2.75, 3.05) is 0 Å². The summed E-state index contributed by atoms with van der Waals surface area (Å²) in [7, 11) is 0. The van der Waals surface area contributed by atoms with E-state index in [-0.39, 0.29) is 18.4 Å². The van der Waals surface area contributed by atoms with Gasteiger partial charge in [-0.05, 0) is 25.1 Å². The van der Waals surface area contributed by atoms with Crippen LogP contribution in [-0.2, 0) is 6.54 Å². The standard InChI is InChI=1S/C13H11BrN4O3S/c1-6(11-18-17-10(21-11)5-15-13(19)20)12-16-8-3-2-7(14)4-9(8)22-12/h2-4,6,15H,5H2,1H3,(H,19,20). The van der Waals surface area contributed by atoms with E-state index in [9.17, 15) is 4.79 Å². The Morgan fingerprint density at radius 2 is 2.32 bits per heavy atom. The molecule has 1 aromatic carbocycles. The number of halogens is 1. The SMILES string of the molecule is CC(c1nnc(CNC(=O)O)o1)c1nc2ccc(Br)cc2s1. The minimum absolute atomic E-state index is 0.0121. The first kappa shape index (κ1) is 14.9. The average Bonchev–Trinajstić information content (AvgIpc) is 3.10. The van der Waals surface area contributed by atoms with Gasteiger partial charge in [-0.1, -0.05) is 15.9 Å². The lowest BCUT2D eigenvalue weighted by Crippen LogP contribution is -2.20. The molecule has 9 heteroatoms. The van der Waals surface area contributed by atoms with Crippen molar-refractivity contribution >= 4 is 43.6 Å². The third-order valence-electron chi connectivity index (χ3n) is 2.98. The fourth-order valence-corrected chi connectivity index (χ4v) is 3.44. The molecule has 3 rings (SSSR count). The molecular formula is C13H11BrN4O3S. The van der Waals surface area contributed by atoms with Crippen LogP contribution in [0.1, 0.15) is 29.6 Å². The molecule has 2 heterocycles.